The maximum atomic E-state index is 12.7. The van der Waals surface area contributed by atoms with Gasteiger partial charge in [-0.2, -0.15) is 0 Å². The van der Waals surface area contributed by atoms with Crippen molar-refractivity contribution in [2.45, 2.75) is 180 Å². The van der Waals surface area contributed by atoms with Crippen LogP contribution in [0.25, 0.3) is 0 Å². The molecule has 0 saturated heterocycles. The molecule has 0 radical (unpaired) electrons. The van der Waals surface area contributed by atoms with Gasteiger partial charge in [0.1, 0.15) is 12.7 Å². The topological polar surface area (TPSA) is 216 Å². The highest BCUT2D eigenvalue weighted by Gasteiger charge is 2.28. The first-order valence-corrected chi connectivity index (χ1v) is 25.7. The molecule has 0 heterocycles. The first-order valence-electron chi connectivity index (χ1n) is 22.7. The Bertz CT molecular complexity index is 1390. The van der Waals surface area contributed by atoms with Gasteiger partial charge in [-0.1, -0.05) is 145 Å². The smallest absolute Gasteiger partial charge is 0.462 e. The molecule has 0 amide bonds. The minimum atomic E-state index is -4.88. The molecule has 0 aliphatic heterocycles. The first kappa shape index (κ1) is 59.5. The number of phosphoric acid groups is 2. The monoisotopic (exact) mass is 919 g/mol. The fraction of sp³-hybridized carbons (Fsp3) is 0.696. The number of esters is 2. The number of allylic oxidation sites excluding steroid dienone is 11. The SMILES string of the molecule is CCCCC/C=C\C/C=C\CCCCCCCCCC(=O)O[C@H](COC(=O)CCC/C=C\C/C=C\C/C=C\C/C=C\[C@@H](O)CCCC)COP(=O)(O)OC[C@@H](O)COP(=O)(O)O. The van der Waals surface area contributed by atoms with E-state index in [1.54, 1.807) is 0 Å². The highest BCUT2D eigenvalue weighted by Crippen LogP contribution is 2.43. The molecule has 1 unspecified atom stereocenters. The van der Waals surface area contributed by atoms with E-state index in [0.29, 0.717) is 19.3 Å². The summed E-state index contributed by atoms with van der Waals surface area (Å²) in [5.74, 6) is -1.13. The number of phosphoric ester groups is 2. The van der Waals surface area contributed by atoms with Gasteiger partial charge in [0.15, 0.2) is 6.10 Å². The van der Waals surface area contributed by atoms with Crippen LogP contribution in [0.15, 0.2) is 72.9 Å². The molecule has 0 saturated carbocycles. The van der Waals surface area contributed by atoms with Crippen LogP contribution in [-0.2, 0) is 41.8 Å². The molecule has 5 N–H and O–H groups in total. The van der Waals surface area contributed by atoms with Crippen molar-refractivity contribution in [1.29, 1.82) is 0 Å². The lowest BCUT2D eigenvalue weighted by atomic mass is 10.1. The van der Waals surface area contributed by atoms with Crippen molar-refractivity contribution in [3.05, 3.63) is 72.9 Å². The predicted molar refractivity (Wildman–Crippen MR) is 245 cm³/mol. The standard InChI is InChI=1S/C46H80O14P2/c1-3-5-7-8-9-10-11-12-13-14-15-16-21-24-27-30-33-37-46(50)60-44(41-59-62(54,55)58-39-43(48)38-57-61(51,52)53)40-56-45(49)36-32-29-26-23-20-18-17-19-22-25-28-31-35-42(47)34-6-4-2/h9-10,12-13,17-18,22-23,25-26,31,35,42-44,47-48H,3-8,11,14-16,19-21,24,27-30,32-34,36-41H2,1-2H3,(H,54,55)(H2,51,52,53)/b10-9-,13-12-,18-17-,25-22-,26-23-,35-31-/t42-,43-,44+/m0/s1. The van der Waals surface area contributed by atoms with Crippen molar-refractivity contribution >= 4 is 27.6 Å². The molecule has 4 atom stereocenters. The maximum absolute atomic E-state index is 12.7. The van der Waals surface area contributed by atoms with Crippen molar-refractivity contribution in [1.82, 2.24) is 0 Å². The van der Waals surface area contributed by atoms with Crippen LogP contribution in [0.2, 0.25) is 0 Å². The zero-order valence-corrected chi connectivity index (χ0v) is 39.3. The second-order valence-electron chi connectivity index (χ2n) is 15.1. The van der Waals surface area contributed by atoms with E-state index < -0.39 is 66.2 Å². The van der Waals surface area contributed by atoms with Gasteiger partial charge >= 0.3 is 27.6 Å². The zero-order valence-electron chi connectivity index (χ0n) is 37.6. The molecule has 0 fully saturated rings. The van der Waals surface area contributed by atoms with E-state index in [1.807, 2.05) is 24.3 Å². The van der Waals surface area contributed by atoms with Crippen LogP contribution in [0, 0.1) is 0 Å². The first-order chi connectivity index (χ1) is 29.8. The average Bonchev–Trinajstić information content (AvgIpc) is 3.23. The number of aliphatic hydroxyl groups excluding tert-OH is 2. The van der Waals surface area contributed by atoms with Crippen molar-refractivity contribution in [2.75, 3.05) is 26.4 Å². The quantitative estimate of drug-likeness (QED) is 0.0167. The second-order valence-corrected chi connectivity index (χ2v) is 17.8. The fourth-order valence-electron chi connectivity index (χ4n) is 5.62. The fourth-order valence-corrected chi connectivity index (χ4v) is 6.78. The number of hydrogen-bond donors (Lipinski definition) is 5. The van der Waals surface area contributed by atoms with Crippen molar-refractivity contribution < 1.29 is 66.7 Å². The van der Waals surface area contributed by atoms with Gasteiger partial charge in [-0.05, 0) is 77.0 Å². The van der Waals surface area contributed by atoms with Gasteiger partial charge in [0.05, 0.1) is 25.9 Å². The minimum absolute atomic E-state index is 0.0975. The number of carbonyl (C=O) groups excluding carboxylic acids is 2. The van der Waals surface area contributed by atoms with E-state index >= 15 is 0 Å². The Balaban J connectivity index is 4.63. The van der Waals surface area contributed by atoms with Crippen LogP contribution < -0.4 is 0 Å². The van der Waals surface area contributed by atoms with E-state index in [-0.39, 0.29) is 18.9 Å². The number of hydrogen-bond acceptors (Lipinski definition) is 11. The molecule has 0 aromatic carbocycles. The van der Waals surface area contributed by atoms with E-state index in [9.17, 15) is 33.8 Å². The van der Waals surface area contributed by atoms with E-state index in [2.05, 4.69) is 71.5 Å². The van der Waals surface area contributed by atoms with Gasteiger partial charge in [-0.15, -0.1) is 0 Å². The lowest BCUT2D eigenvalue weighted by molar-refractivity contribution is -0.161. The number of carbonyl (C=O) groups is 2. The van der Waals surface area contributed by atoms with Gasteiger partial charge in [0.25, 0.3) is 0 Å². The molecule has 0 aromatic rings. The van der Waals surface area contributed by atoms with Gasteiger partial charge < -0.3 is 34.4 Å². The largest absolute Gasteiger partial charge is 0.472 e. The highest BCUT2D eigenvalue weighted by atomic mass is 31.2. The van der Waals surface area contributed by atoms with Crippen LogP contribution in [0.3, 0.4) is 0 Å². The Labute approximate surface area is 372 Å². The average molecular weight is 919 g/mol. The summed E-state index contributed by atoms with van der Waals surface area (Å²) < 4.78 is 47.7. The molecule has 0 spiro atoms. The van der Waals surface area contributed by atoms with E-state index in [0.717, 1.165) is 96.3 Å². The van der Waals surface area contributed by atoms with Gasteiger partial charge in [-0.3, -0.25) is 23.2 Å². The molecule has 358 valence electrons. The number of aliphatic hydroxyl groups is 2. The van der Waals surface area contributed by atoms with Crippen LogP contribution in [0.1, 0.15) is 162 Å². The summed E-state index contributed by atoms with van der Waals surface area (Å²) in [6.45, 7) is 1.50. The molecule has 14 nitrogen and oxygen atoms in total. The Morgan fingerprint density at radius 2 is 0.984 bits per heavy atom. The molecule has 0 aromatic heterocycles. The number of rotatable bonds is 42. The van der Waals surface area contributed by atoms with Crippen LogP contribution >= 0.6 is 15.6 Å². The van der Waals surface area contributed by atoms with Crippen molar-refractivity contribution in [2.24, 2.45) is 0 Å². The third-order valence-corrected chi connectivity index (χ3v) is 10.6. The van der Waals surface area contributed by atoms with Crippen molar-refractivity contribution in [3.63, 3.8) is 0 Å². The Kier molecular flexibility index (Phi) is 39.6. The lowest BCUT2D eigenvalue weighted by Gasteiger charge is -2.20. The van der Waals surface area contributed by atoms with Gasteiger partial charge in [-0.25, -0.2) is 9.13 Å². The highest BCUT2D eigenvalue weighted by molar-refractivity contribution is 7.47. The summed E-state index contributed by atoms with van der Waals surface area (Å²) in [4.78, 5) is 52.7. The Morgan fingerprint density at radius 3 is 1.56 bits per heavy atom. The third-order valence-electron chi connectivity index (χ3n) is 9.13. The van der Waals surface area contributed by atoms with Gasteiger partial charge in [0.2, 0.25) is 0 Å². The summed E-state index contributed by atoms with van der Waals surface area (Å²) in [6.07, 6.45) is 42.3. The maximum Gasteiger partial charge on any atom is 0.472 e. The second kappa shape index (κ2) is 41.2. The molecule has 0 bridgehead atoms. The number of unbranched alkanes of at least 4 members (excludes halogenated alkanes) is 12. The molecule has 62 heavy (non-hydrogen) atoms. The molecular weight excluding hydrogens is 838 g/mol. The van der Waals surface area contributed by atoms with Crippen LogP contribution in [0.5, 0.6) is 0 Å². The summed E-state index contributed by atoms with van der Waals surface area (Å²) in [5.41, 5.74) is 0. The normalized spacial score (nSPS) is 15.1. The third kappa shape index (κ3) is 44.1. The van der Waals surface area contributed by atoms with Crippen LogP contribution in [0.4, 0.5) is 0 Å². The molecule has 0 rings (SSSR count). The number of ether oxygens (including phenoxy) is 2. The lowest BCUT2D eigenvalue weighted by Crippen LogP contribution is -2.30. The predicted octanol–water partition coefficient (Wildman–Crippen LogP) is 10.8. The van der Waals surface area contributed by atoms with E-state index in [4.69, 9.17) is 23.8 Å². The molecular formula is C46H80O14P2. The molecule has 16 heteroatoms. The molecule has 0 aliphatic carbocycles. The van der Waals surface area contributed by atoms with Crippen molar-refractivity contribution in [3.8, 4) is 0 Å². The Hall–Kier alpha value is -2.48. The summed E-state index contributed by atoms with van der Waals surface area (Å²) in [6, 6.07) is 0. The van der Waals surface area contributed by atoms with Gasteiger partial charge in [0, 0.05) is 12.8 Å². The Morgan fingerprint density at radius 1 is 0.516 bits per heavy atom. The minimum Gasteiger partial charge on any atom is -0.462 e. The zero-order chi connectivity index (χ0) is 46.0. The summed E-state index contributed by atoms with van der Waals surface area (Å²) >= 11 is 0. The van der Waals surface area contributed by atoms with Crippen LogP contribution in [-0.4, -0.2) is 81.6 Å². The summed E-state index contributed by atoms with van der Waals surface area (Å²) in [5, 5.41) is 19.6. The molecule has 0 aliphatic rings. The van der Waals surface area contributed by atoms with E-state index in [1.165, 1.54) is 19.3 Å². The summed E-state index contributed by atoms with van der Waals surface area (Å²) in [7, 11) is -9.71.